The molecule has 0 aliphatic rings. The predicted octanol–water partition coefficient (Wildman–Crippen LogP) is 3.06. The first-order valence-corrected chi connectivity index (χ1v) is 5.33. The first kappa shape index (κ1) is 11.2. The highest BCUT2D eigenvalue weighted by Crippen LogP contribution is 2.23. The lowest BCUT2D eigenvalue weighted by atomic mass is 10.3. The average Bonchev–Trinajstić information content (AvgIpc) is 2.01. The number of amides is 1. The Labute approximate surface area is 98.4 Å². The monoisotopic (exact) mass is 316 g/mol. The molecule has 1 aromatic rings. The zero-order chi connectivity index (χ0) is 10.6. The molecule has 0 bridgehead atoms. The third-order valence-corrected chi connectivity index (χ3v) is 2.30. The Kier molecular flexibility index (Phi) is 4.11. The molecule has 1 N–H and O–H groups in total. The van der Waals surface area contributed by atoms with Gasteiger partial charge in [0.2, 0.25) is 5.91 Å². The molecule has 0 atom stereocenters. The summed E-state index contributed by atoms with van der Waals surface area (Å²) < 4.78 is 1.72. The molecule has 14 heavy (non-hydrogen) atoms. The fourth-order valence-corrected chi connectivity index (χ4v) is 2.20. The van der Waals surface area contributed by atoms with Gasteiger partial charge in [0.25, 0.3) is 0 Å². The molecule has 0 unspecified atom stereocenters. The van der Waals surface area contributed by atoms with E-state index in [4.69, 9.17) is 5.26 Å². The number of hydrogen-bond donors (Lipinski definition) is 1. The lowest BCUT2D eigenvalue weighted by Gasteiger charge is -2.03. The van der Waals surface area contributed by atoms with Crippen LogP contribution in [0.2, 0.25) is 0 Å². The van der Waals surface area contributed by atoms with Crippen molar-refractivity contribution in [1.82, 2.24) is 0 Å². The van der Waals surface area contributed by atoms with Gasteiger partial charge in [-0.3, -0.25) is 4.79 Å². The second kappa shape index (κ2) is 5.13. The summed E-state index contributed by atoms with van der Waals surface area (Å²) in [7, 11) is 0. The fraction of sp³-hybridized carbons (Fsp3) is 0.111. The van der Waals surface area contributed by atoms with Crippen LogP contribution in [0.4, 0.5) is 5.69 Å². The topological polar surface area (TPSA) is 52.9 Å². The molecule has 5 heteroatoms. The van der Waals surface area contributed by atoms with E-state index in [1.807, 2.05) is 6.07 Å². The fourth-order valence-electron chi connectivity index (χ4n) is 0.903. The molecule has 0 aromatic heterocycles. The molecule has 0 spiro atoms. The number of rotatable bonds is 2. The molecule has 3 nitrogen and oxygen atoms in total. The van der Waals surface area contributed by atoms with Gasteiger partial charge in [0.15, 0.2) is 0 Å². The van der Waals surface area contributed by atoms with E-state index in [1.54, 1.807) is 18.2 Å². The molecule has 0 radical (unpaired) electrons. The van der Waals surface area contributed by atoms with Crippen LogP contribution in [0, 0.1) is 11.3 Å². The summed E-state index contributed by atoms with van der Waals surface area (Å²) in [5.74, 6) is -0.308. The number of carbonyl (C=O) groups excluding carboxylic acids is 1. The SMILES string of the molecule is N#CCC(=O)Nc1cc(Br)cc(Br)c1. The number of halogens is 2. The first-order valence-electron chi connectivity index (χ1n) is 3.74. The van der Waals surface area contributed by atoms with E-state index in [-0.39, 0.29) is 12.3 Å². The van der Waals surface area contributed by atoms with E-state index >= 15 is 0 Å². The zero-order valence-electron chi connectivity index (χ0n) is 7.05. The number of carbonyl (C=O) groups is 1. The molecule has 0 aliphatic carbocycles. The van der Waals surface area contributed by atoms with Crippen LogP contribution in [0.5, 0.6) is 0 Å². The number of anilines is 1. The summed E-state index contributed by atoms with van der Waals surface area (Å²) in [6.07, 6.45) is -0.135. The Hall–Kier alpha value is -0.860. The van der Waals surface area contributed by atoms with E-state index in [0.29, 0.717) is 5.69 Å². The average molecular weight is 318 g/mol. The maximum atomic E-state index is 11.1. The van der Waals surface area contributed by atoms with E-state index in [2.05, 4.69) is 37.2 Å². The second-order valence-corrected chi connectivity index (χ2v) is 4.37. The molecule has 72 valence electrons. The molecule has 1 rings (SSSR count). The third-order valence-electron chi connectivity index (χ3n) is 1.39. The van der Waals surface area contributed by atoms with Crippen molar-refractivity contribution in [2.75, 3.05) is 5.32 Å². The van der Waals surface area contributed by atoms with Gasteiger partial charge in [-0.25, -0.2) is 0 Å². The van der Waals surface area contributed by atoms with Gasteiger partial charge in [0.1, 0.15) is 6.42 Å². The van der Waals surface area contributed by atoms with Crippen LogP contribution in [-0.2, 0) is 4.79 Å². The minimum atomic E-state index is -0.308. The molecule has 0 saturated carbocycles. The van der Waals surface area contributed by atoms with Gasteiger partial charge in [-0.05, 0) is 18.2 Å². The van der Waals surface area contributed by atoms with Gasteiger partial charge in [0.05, 0.1) is 6.07 Å². The van der Waals surface area contributed by atoms with Crippen molar-refractivity contribution in [3.05, 3.63) is 27.1 Å². The Morgan fingerprint density at radius 1 is 1.36 bits per heavy atom. The van der Waals surface area contributed by atoms with Gasteiger partial charge in [0, 0.05) is 14.6 Å². The Balaban J connectivity index is 2.77. The number of nitrogens with zero attached hydrogens (tertiary/aromatic N) is 1. The quantitative estimate of drug-likeness (QED) is 0.911. The van der Waals surface area contributed by atoms with Gasteiger partial charge in [-0.2, -0.15) is 5.26 Å². The number of nitriles is 1. The zero-order valence-corrected chi connectivity index (χ0v) is 10.2. The lowest BCUT2D eigenvalue weighted by molar-refractivity contribution is -0.115. The van der Waals surface area contributed by atoms with Crippen LogP contribution in [0.3, 0.4) is 0 Å². The van der Waals surface area contributed by atoms with Crippen LogP contribution in [-0.4, -0.2) is 5.91 Å². The summed E-state index contributed by atoms with van der Waals surface area (Å²) in [6, 6.07) is 7.17. The van der Waals surface area contributed by atoms with E-state index < -0.39 is 0 Å². The first-order chi connectivity index (χ1) is 6.61. The maximum absolute atomic E-state index is 11.1. The predicted molar refractivity (Wildman–Crippen MR) is 60.7 cm³/mol. The molecule has 0 fully saturated rings. The van der Waals surface area contributed by atoms with E-state index in [1.165, 1.54) is 0 Å². The van der Waals surface area contributed by atoms with Crippen molar-refractivity contribution in [2.45, 2.75) is 6.42 Å². The summed E-state index contributed by atoms with van der Waals surface area (Å²) in [4.78, 5) is 11.1. The van der Waals surface area contributed by atoms with Crippen molar-refractivity contribution in [3.63, 3.8) is 0 Å². The Morgan fingerprint density at radius 3 is 2.43 bits per heavy atom. The van der Waals surface area contributed by atoms with Crippen molar-refractivity contribution in [3.8, 4) is 6.07 Å². The molecule has 0 aliphatic heterocycles. The van der Waals surface area contributed by atoms with E-state index in [9.17, 15) is 4.79 Å². The smallest absolute Gasteiger partial charge is 0.238 e. The molecule has 0 heterocycles. The van der Waals surface area contributed by atoms with Crippen molar-refractivity contribution >= 4 is 43.5 Å². The van der Waals surface area contributed by atoms with E-state index in [0.717, 1.165) is 8.95 Å². The highest BCUT2D eigenvalue weighted by Gasteiger charge is 2.02. The highest BCUT2D eigenvalue weighted by molar-refractivity contribution is 9.11. The van der Waals surface area contributed by atoms with Crippen LogP contribution < -0.4 is 5.32 Å². The largest absolute Gasteiger partial charge is 0.325 e. The summed E-state index contributed by atoms with van der Waals surface area (Å²) >= 11 is 6.59. The molecule has 1 aromatic carbocycles. The van der Waals surface area contributed by atoms with Gasteiger partial charge in [-0.15, -0.1) is 0 Å². The van der Waals surface area contributed by atoms with Crippen LogP contribution >= 0.6 is 31.9 Å². The van der Waals surface area contributed by atoms with Gasteiger partial charge < -0.3 is 5.32 Å². The minimum Gasteiger partial charge on any atom is -0.325 e. The Bertz CT molecular complexity index is 378. The third kappa shape index (κ3) is 3.48. The molecule has 1 amide bonds. The van der Waals surface area contributed by atoms with Crippen molar-refractivity contribution in [2.24, 2.45) is 0 Å². The van der Waals surface area contributed by atoms with Crippen molar-refractivity contribution < 1.29 is 4.79 Å². The minimum absolute atomic E-state index is 0.135. The normalized spacial score (nSPS) is 9.21. The Morgan fingerprint density at radius 2 is 1.93 bits per heavy atom. The van der Waals surface area contributed by atoms with Crippen LogP contribution in [0.15, 0.2) is 27.1 Å². The summed E-state index contributed by atoms with van der Waals surface area (Å²) in [5, 5.41) is 10.9. The second-order valence-electron chi connectivity index (χ2n) is 2.54. The summed E-state index contributed by atoms with van der Waals surface area (Å²) in [5.41, 5.74) is 0.659. The van der Waals surface area contributed by atoms with Crippen LogP contribution in [0.1, 0.15) is 6.42 Å². The summed E-state index contributed by atoms with van der Waals surface area (Å²) in [6.45, 7) is 0. The number of hydrogen-bond acceptors (Lipinski definition) is 2. The highest BCUT2D eigenvalue weighted by atomic mass is 79.9. The number of nitrogens with one attached hydrogen (secondary N) is 1. The lowest BCUT2D eigenvalue weighted by Crippen LogP contribution is -2.09. The van der Waals surface area contributed by atoms with Crippen LogP contribution in [0.25, 0.3) is 0 Å². The van der Waals surface area contributed by atoms with Gasteiger partial charge in [-0.1, -0.05) is 31.9 Å². The van der Waals surface area contributed by atoms with Crippen molar-refractivity contribution in [1.29, 1.82) is 5.26 Å². The standard InChI is InChI=1S/C9H6Br2N2O/c10-6-3-7(11)5-8(4-6)13-9(14)1-2-12/h3-5H,1H2,(H,13,14). The molecular weight excluding hydrogens is 312 g/mol. The van der Waals surface area contributed by atoms with Gasteiger partial charge >= 0.3 is 0 Å². The maximum Gasteiger partial charge on any atom is 0.238 e. The molecule has 0 saturated heterocycles. The molecular formula is C9H6Br2N2O. The number of benzene rings is 1.